The van der Waals surface area contributed by atoms with E-state index in [1.54, 1.807) is 6.07 Å². The number of nitrogens with one attached hydrogen (secondary N) is 1. The summed E-state index contributed by atoms with van der Waals surface area (Å²) in [6.45, 7) is 4.70. The molecule has 21 heavy (non-hydrogen) atoms. The molecule has 0 spiro atoms. The minimum atomic E-state index is -0.237. The molecule has 0 aliphatic rings. The second kappa shape index (κ2) is 5.52. The maximum Gasteiger partial charge on any atom is 0.134 e. The average Bonchev–Trinajstić information content (AvgIpc) is 2.52. The number of rotatable bonds is 3. The zero-order chi connectivity index (χ0) is 14.8. The zero-order valence-electron chi connectivity index (χ0n) is 12.2. The Balaban J connectivity index is 2.32. The Hall–Kier alpha value is -2.42. The Kier molecular flexibility index (Phi) is 3.57. The fourth-order valence-electron chi connectivity index (χ4n) is 2.52. The highest BCUT2D eigenvalue weighted by molar-refractivity contribution is 5.96. The molecule has 0 atom stereocenters. The summed E-state index contributed by atoms with van der Waals surface area (Å²) in [4.78, 5) is 4.67. The highest BCUT2D eigenvalue weighted by Crippen LogP contribution is 2.31. The summed E-state index contributed by atoms with van der Waals surface area (Å²) in [6, 6.07) is 15.2. The van der Waals surface area contributed by atoms with Gasteiger partial charge in [-0.1, -0.05) is 36.4 Å². The number of halogens is 1. The van der Waals surface area contributed by atoms with Crippen LogP contribution in [0.1, 0.15) is 12.5 Å². The van der Waals surface area contributed by atoms with Crippen molar-refractivity contribution in [3.05, 3.63) is 59.9 Å². The van der Waals surface area contributed by atoms with Crippen molar-refractivity contribution in [2.75, 3.05) is 11.9 Å². The summed E-state index contributed by atoms with van der Waals surface area (Å²) in [5.41, 5.74) is 4.37. The van der Waals surface area contributed by atoms with Crippen molar-refractivity contribution >= 4 is 16.6 Å². The molecule has 0 saturated heterocycles. The first-order chi connectivity index (χ1) is 10.2. The number of hydrogen-bond donors (Lipinski definition) is 1. The number of hydrogen-bond acceptors (Lipinski definition) is 2. The Morgan fingerprint density at radius 3 is 2.57 bits per heavy atom. The van der Waals surface area contributed by atoms with Crippen LogP contribution in [0.3, 0.4) is 0 Å². The smallest absolute Gasteiger partial charge is 0.134 e. The van der Waals surface area contributed by atoms with Gasteiger partial charge in [-0.25, -0.2) is 9.37 Å². The van der Waals surface area contributed by atoms with E-state index in [1.807, 2.05) is 50.2 Å². The third kappa shape index (κ3) is 2.47. The summed E-state index contributed by atoms with van der Waals surface area (Å²) in [5.74, 6) is -0.237. The van der Waals surface area contributed by atoms with E-state index in [4.69, 9.17) is 0 Å². The SMILES string of the molecule is CCNc1cc(-c2ccccc2)nc2c(C)ccc(F)c12. The highest BCUT2D eigenvalue weighted by atomic mass is 19.1. The van der Waals surface area contributed by atoms with E-state index in [0.717, 1.165) is 29.1 Å². The molecule has 0 unspecified atom stereocenters. The molecule has 0 bridgehead atoms. The van der Waals surface area contributed by atoms with E-state index in [9.17, 15) is 4.39 Å². The predicted octanol–water partition coefficient (Wildman–Crippen LogP) is 4.78. The van der Waals surface area contributed by atoms with Crippen LogP contribution >= 0.6 is 0 Å². The van der Waals surface area contributed by atoms with Crippen LogP contribution < -0.4 is 5.32 Å². The quantitative estimate of drug-likeness (QED) is 0.746. The number of pyridine rings is 1. The van der Waals surface area contributed by atoms with Crippen LogP contribution in [-0.4, -0.2) is 11.5 Å². The van der Waals surface area contributed by atoms with Gasteiger partial charge in [0.05, 0.1) is 16.6 Å². The van der Waals surface area contributed by atoms with Crippen LogP contribution in [0.4, 0.5) is 10.1 Å². The standard InChI is InChI=1S/C18H17FN2/c1-3-20-16-11-15(13-7-5-4-6-8-13)21-18-12(2)9-10-14(19)17(16)18/h4-11H,3H2,1-2H3,(H,20,21). The summed E-state index contributed by atoms with van der Waals surface area (Å²) in [6.07, 6.45) is 0. The normalized spacial score (nSPS) is 10.8. The maximum absolute atomic E-state index is 14.2. The van der Waals surface area contributed by atoms with Crippen molar-refractivity contribution in [2.24, 2.45) is 0 Å². The monoisotopic (exact) mass is 280 g/mol. The number of anilines is 1. The van der Waals surface area contributed by atoms with Crippen LogP contribution in [0.5, 0.6) is 0 Å². The maximum atomic E-state index is 14.2. The van der Waals surface area contributed by atoms with Gasteiger partial charge >= 0.3 is 0 Å². The predicted molar refractivity (Wildman–Crippen MR) is 86.0 cm³/mol. The number of nitrogens with zero attached hydrogens (tertiary/aromatic N) is 1. The van der Waals surface area contributed by atoms with E-state index in [2.05, 4.69) is 10.3 Å². The van der Waals surface area contributed by atoms with Crippen LogP contribution in [-0.2, 0) is 0 Å². The summed E-state index contributed by atoms with van der Waals surface area (Å²) in [5, 5.41) is 3.81. The third-order valence-corrected chi connectivity index (χ3v) is 3.55. The molecular formula is C18H17FN2. The lowest BCUT2D eigenvalue weighted by molar-refractivity contribution is 0.639. The van der Waals surface area contributed by atoms with Gasteiger partial charge in [0.2, 0.25) is 0 Å². The molecule has 1 heterocycles. The van der Waals surface area contributed by atoms with Crippen LogP contribution in [0.15, 0.2) is 48.5 Å². The topological polar surface area (TPSA) is 24.9 Å². The van der Waals surface area contributed by atoms with Crippen molar-refractivity contribution in [3.8, 4) is 11.3 Å². The van der Waals surface area contributed by atoms with E-state index < -0.39 is 0 Å². The average molecular weight is 280 g/mol. The molecule has 0 amide bonds. The molecule has 2 aromatic carbocycles. The molecule has 0 aliphatic heterocycles. The third-order valence-electron chi connectivity index (χ3n) is 3.55. The molecule has 1 aromatic heterocycles. The molecule has 106 valence electrons. The number of benzene rings is 2. The fourth-order valence-corrected chi connectivity index (χ4v) is 2.52. The van der Waals surface area contributed by atoms with Crippen molar-refractivity contribution in [3.63, 3.8) is 0 Å². The first kappa shape index (κ1) is 13.6. The van der Waals surface area contributed by atoms with Gasteiger partial charge in [-0.05, 0) is 31.5 Å². The Bertz CT molecular complexity index is 782. The van der Waals surface area contributed by atoms with E-state index in [-0.39, 0.29) is 5.82 Å². The zero-order valence-corrected chi connectivity index (χ0v) is 12.2. The summed E-state index contributed by atoms with van der Waals surface area (Å²) in [7, 11) is 0. The van der Waals surface area contributed by atoms with E-state index >= 15 is 0 Å². The van der Waals surface area contributed by atoms with Crippen molar-refractivity contribution in [2.45, 2.75) is 13.8 Å². The van der Waals surface area contributed by atoms with Crippen molar-refractivity contribution in [1.82, 2.24) is 4.98 Å². The second-order valence-electron chi connectivity index (χ2n) is 5.04. The summed E-state index contributed by atoms with van der Waals surface area (Å²) >= 11 is 0. The molecule has 3 heteroatoms. The highest BCUT2D eigenvalue weighted by Gasteiger charge is 2.12. The molecule has 3 aromatic rings. The second-order valence-corrected chi connectivity index (χ2v) is 5.04. The van der Waals surface area contributed by atoms with Crippen LogP contribution in [0.2, 0.25) is 0 Å². The van der Waals surface area contributed by atoms with Gasteiger partial charge in [0, 0.05) is 17.8 Å². The van der Waals surface area contributed by atoms with Gasteiger partial charge in [0.25, 0.3) is 0 Å². The minimum absolute atomic E-state index is 0.237. The molecule has 0 fully saturated rings. The molecule has 2 nitrogen and oxygen atoms in total. The fraction of sp³-hybridized carbons (Fsp3) is 0.167. The Morgan fingerprint density at radius 1 is 1.10 bits per heavy atom. The van der Waals surface area contributed by atoms with Crippen LogP contribution in [0, 0.1) is 12.7 Å². The lowest BCUT2D eigenvalue weighted by atomic mass is 10.0. The van der Waals surface area contributed by atoms with Crippen molar-refractivity contribution in [1.29, 1.82) is 0 Å². The first-order valence-electron chi connectivity index (χ1n) is 7.10. The first-order valence-corrected chi connectivity index (χ1v) is 7.10. The van der Waals surface area contributed by atoms with Gasteiger partial charge in [-0.3, -0.25) is 0 Å². The Labute approximate surface area is 123 Å². The van der Waals surface area contributed by atoms with Gasteiger partial charge < -0.3 is 5.32 Å². The number of aryl methyl sites for hydroxylation is 1. The molecule has 3 rings (SSSR count). The van der Waals surface area contributed by atoms with E-state index in [1.165, 1.54) is 6.07 Å². The molecule has 0 aliphatic carbocycles. The minimum Gasteiger partial charge on any atom is -0.385 e. The van der Waals surface area contributed by atoms with Gasteiger partial charge in [-0.15, -0.1) is 0 Å². The Morgan fingerprint density at radius 2 is 1.86 bits per heavy atom. The molecule has 1 N–H and O–H groups in total. The molecular weight excluding hydrogens is 263 g/mol. The van der Waals surface area contributed by atoms with Gasteiger partial charge in [0.1, 0.15) is 5.82 Å². The van der Waals surface area contributed by atoms with Gasteiger partial charge in [0.15, 0.2) is 0 Å². The summed E-state index contributed by atoms with van der Waals surface area (Å²) < 4.78 is 14.2. The lowest BCUT2D eigenvalue weighted by Crippen LogP contribution is -2.01. The van der Waals surface area contributed by atoms with Gasteiger partial charge in [-0.2, -0.15) is 0 Å². The number of fused-ring (bicyclic) bond motifs is 1. The van der Waals surface area contributed by atoms with Crippen molar-refractivity contribution < 1.29 is 4.39 Å². The molecule has 0 saturated carbocycles. The van der Waals surface area contributed by atoms with Crippen LogP contribution in [0.25, 0.3) is 22.2 Å². The van der Waals surface area contributed by atoms with E-state index in [0.29, 0.717) is 10.9 Å². The largest absolute Gasteiger partial charge is 0.385 e. The number of aromatic nitrogens is 1. The lowest BCUT2D eigenvalue weighted by Gasteiger charge is -2.13. The molecule has 0 radical (unpaired) electrons.